The van der Waals surface area contributed by atoms with E-state index in [9.17, 15) is 4.79 Å². The molecule has 7 heteroatoms. The van der Waals surface area contributed by atoms with E-state index in [1.54, 1.807) is 11.3 Å². The lowest BCUT2D eigenvalue weighted by Crippen LogP contribution is -2.44. The first kappa shape index (κ1) is 15.4. The third-order valence-electron chi connectivity index (χ3n) is 4.44. The van der Waals surface area contributed by atoms with Crippen molar-refractivity contribution in [1.82, 2.24) is 9.88 Å². The Balaban J connectivity index is 1.63. The molecule has 2 aliphatic rings. The Labute approximate surface area is 145 Å². The predicted molar refractivity (Wildman–Crippen MR) is 96.1 cm³/mol. The van der Waals surface area contributed by atoms with Crippen LogP contribution in [0.2, 0.25) is 0 Å². The number of fused-ring (bicyclic) bond motifs is 1. The Morgan fingerprint density at radius 3 is 2.83 bits per heavy atom. The van der Waals surface area contributed by atoms with Gasteiger partial charge >= 0.3 is 0 Å². The Kier molecular flexibility index (Phi) is 3.90. The fourth-order valence-corrected chi connectivity index (χ4v) is 4.00. The van der Waals surface area contributed by atoms with E-state index in [-0.39, 0.29) is 12.5 Å². The minimum atomic E-state index is -0.118. The number of nitrogens with zero attached hydrogens (tertiary/aromatic N) is 3. The van der Waals surface area contributed by atoms with Gasteiger partial charge in [0, 0.05) is 36.6 Å². The number of aromatic nitrogens is 1. The van der Waals surface area contributed by atoms with Crippen LogP contribution in [0.15, 0.2) is 18.2 Å². The topological polar surface area (TPSA) is 57.7 Å². The number of nitrogens with one attached hydrogen (secondary N) is 1. The SMILES string of the molecule is Cc1sc(N2CCN(C)CC2)nc1-c1ccc2c(c1)NC(=O)CO2. The van der Waals surface area contributed by atoms with Crippen LogP contribution in [0, 0.1) is 6.92 Å². The van der Waals surface area contributed by atoms with E-state index in [2.05, 4.69) is 29.1 Å². The molecule has 0 saturated carbocycles. The van der Waals surface area contributed by atoms with E-state index >= 15 is 0 Å². The average Bonchev–Trinajstić information content (AvgIpc) is 2.96. The summed E-state index contributed by atoms with van der Waals surface area (Å²) in [6.07, 6.45) is 0. The smallest absolute Gasteiger partial charge is 0.262 e. The number of carbonyl (C=O) groups is 1. The lowest BCUT2D eigenvalue weighted by molar-refractivity contribution is -0.118. The van der Waals surface area contributed by atoms with Crippen molar-refractivity contribution in [2.75, 3.05) is 50.1 Å². The fourth-order valence-electron chi connectivity index (χ4n) is 3.01. The van der Waals surface area contributed by atoms with Crippen LogP contribution in [-0.2, 0) is 4.79 Å². The van der Waals surface area contributed by atoms with Gasteiger partial charge in [-0.3, -0.25) is 4.79 Å². The molecule has 1 aromatic carbocycles. The quantitative estimate of drug-likeness (QED) is 0.905. The summed E-state index contributed by atoms with van der Waals surface area (Å²) < 4.78 is 5.42. The van der Waals surface area contributed by atoms with Gasteiger partial charge < -0.3 is 19.9 Å². The first-order chi connectivity index (χ1) is 11.6. The van der Waals surface area contributed by atoms with Crippen LogP contribution in [-0.4, -0.2) is 55.6 Å². The van der Waals surface area contributed by atoms with Gasteiger partial charge in [0.2, 0.25) is 0 Å². The average molecular weight is 344 g/mol. The number of thiazole rings is 1. The Hall–Kier alpha value is -2.12. The molecule has 24 heavy (non-hydrogen) atoms. The van der Waals surface area contributed by atoms with Crippen molar-refractivity contribution in [3.63, 3.8) is 0 Å². The Morgan fingerprint density at radius 2 is 2.04 bits per heavy atom. The molecule has 0 bridgehead atoms. The summed E-state index contributed by atoms with van der Waals surface area (Å²) in [5.41, 5.74) is 2.71. The molecule has 0 atom stereocenters. The number of hydrogen-bond acceptors (Lipinski definition) is 6. The van der Waals surface area contributed by atoms with Gasteiger partial charge in [0.25, 0.3) is 5.91 Å². The largest absolute Gasteiger partial charge is 0.482 e. The summed E-state index contributed by atoms with van der Waals surface area (Å²) in [5.74, 6) is 0.596. The zero-order chi connectivity index (χ0) is 16.7. The second-order valence-electron chi connectivity index (χ2n) is 6.24. The molecule has 2 aliphatic heterocycles. The molecule has 1 fully saturated rings. The third kappa shape index (κ3) is 2.85. The predicted octanol–water partition coefficient (Wildman–Crippen LogP) is 2.20. The number of anilines is 2. The molecule has 3 heterocycles. The van der Waals surface area contributed by atoms with E-state index in [0.717, 1.165) is 48.3 Å². The van der Waals surface area contributed by atoms with Crippen LogP contribution in [0.5, 0.6) is 5.75 Å². The Bertz CT molecular complexity index is 781. The summed E-state index contributed by atoms with van der Waals surface area (Å²) >= 11 is 1.73. The second kappa shape index (κ2) is 6.07. The van der Waals surface area contributed by atoms with Crippen LogP contribution in [0.4, 0.5) is 10.8 Å². The number of amides is 1. The highest BCUT2D eigenvalue weighted by Crippen LogP contribution is 2.37. The molecule has 1 saturated heterocycles. The van der Waals surface area contributed by atoms with E-state index in [0.29, 0.717) is 5.75 Å². The third-order valence-corrected chi connectivity index (χ3v) is 5.48. The van der Waals surface area contributed by atoms with Crippen LogP contribution < -0.4 is 15.0 Å². The maximum atomic E-state index is 11.5. The number of rotatable bonds is 2. The molecule has 1 N–H and O–H groups in total. The van der Waals surface area contributed by atoms with Crippen LogP contribution in [0.1, 0.15) is 4.88 Å². The number of likely N-dealkylation sites (N-methyl/N-ethyl adjacent to an activating group) is 1. The van der Waals surface area contributed by atoms with E-state index in [4.69, 9.17) is 9.72 Å². The Morgan fingerprint density at radius 1 is 1.25 bits per heavy atom. The summed E-state index contributed by atoms with van der Waals surface area (Å²) in [6, 6.07) is 5.85. The zero-order valence-electron chi connectivity index (χ0n) is 13.8. The number of ether oxygens (including phenoxy) is 1. The van der Waals surface area contributed by atoms with Gasteiger partial charge in [-0.1, -0.05) is 0 Å². The number of carbonyl (C=O) groups excluding carboxylic acids is 1. The summed E-state index contributed by atoms with van der Waals surface area (Å²) in [6.45, 7) is 6.33. The summed E-state index contributed by atoms with van der Waals surface area (Å²) in [4.78, 5) is 22.3. The number of benzene rings is 1. The molecule has 0 aliphatic carbocycles. The van der Waals surface area contributed by atoms with E-state index < -0.39 is 0 Å². The minimum Gasteiger partial charge on any atom is -0.482 e. The molecule has 0 spiro atoms. The first-order valence-electron chi connectivity index (χ1n) is 8.08. The zero-order valence-corrected chi connectivity index (χ0v) is 14.7. The second-order valence-corrected chi connectivity index (χ2v) is 7.42. The normalized spacial score (nSPS) is 18.1. The monoisotopic (exact) mass is 344 g/mol. The number of aryl methyl sites for hydroxylation is 1. The van der Waals surface area contributed by atoms with Gasteiger partial charge in [0.05, 0.1) is 11.4 Å². The molecule has 126 valence electrons. The van der Waals surface area contributed by atoms with Gasteiger partial charge in [-0.15, -0.1) is 11.3 Å². The summed E-state index contributed by atoms with van der Waals surface area (Å²) in [5, 5.41) is 3.94. The van der Waals surface area contributed by atoms with E-state index in [1.807, 2.05) is 18.2 Å². The molecule has 2 aromatic rings. The fraction of sp³-hybridized carbons (Fsp3) is 0.412. The lowest BCUT2D eigenvalue weighted by Gasteiger charge is -2.32. The van der Waals surface area contributed by atoms with Crippen LogP contribution in [0.25, 0.3) is 11.3 Å². The van der Waals surface area contributed by atoms with Crippen molar-refractivity contribution in [2.45, 2.75) is 6.92 Å². The van der Waals surface area contributed by atoms with Gasteiger partial charge in [-0.2, -0.15) is 0 Å². The van der Waals surface area contributed by atoms with Crippen molar-refractivity contribution in [1.29, 1.82) is 0 Å². The highest BCUT2D eigenvalue weighted by Gasteiger charge is 2.21. The van der Waals surface area contributed by atoms with Crippen molar-refractivity contribution >= 4 is 28.1 Å². The molecular weight excluding hydrogens is 324 g/mol. The maximum Gasteiger partial charge on any atom is 0.262 e. The molecule has 1 amide bonds. The standard InChI is InChI=1S/C17H20N4O2S/c1-11-16(19-17(24-11)21-7-5-20(2)6-8-21)12-3-4-14-13(9-12)18-15(22)10-23-14/h3-4,9H,5-8,10H2,1-2H3,(H,18,22). The van der Waals surface area contributed by atoms with Crippen molar-refractivity contribution in [3.8, 4) is 17.0 Å². The molecule has 0 radical (unpaired) electrons. The molecule has 1 aromatic heterocycles. The molecule has 6 nitrogen and oxygen atoms in total. The van der Waals surface area contributed by atoms with E-state index in [1.165, 1.54) is 4.88 Å². The maximum absolute atomic E-state index is 11.5. The highest BCUT2D eigenvalue weighted by atomic mass is 32.1. The highest BCUT2D eigenvalue weighted by molar-refractivity contribution is 7.16. The first-order valence-corrected chi connectivity index (χ1v) is 8.90. The van der Waals surface area contributed by atoms with Crippen molar-refractivity contribution in [3.05, 3.63) is 23.1 Å². The molecule has 4 rings (SSSR count). The molecular formula is C17H20N4O2S. The summed E-state index contributed by atoms with van der Waals surface area (Å²) in [7, 11) is 2.15. The minimum absolute atomic E-state index is 0.0790. The lowest BCUT2D eigenvalue weighted by atomic mass is 10.1. The van der Waals surface area contributed by atoms with Crippen LogP contribution in [0.3, 0.4) is 0 Å². The molecule has 0 unspecified atom stereocenters. The number of piperazine rings is 1. The van der Waals surface area contributed by atoms with Gasteiger partial charge in [0.15, 0.2) is 11.7 Å². The number of hydrogen-bond donors (Lipinski definition) is 1. The van der Waals surface area contributed by atoms with Gasteiger partial charge in [-0.05, 0) is 32.2 Å². The van der Waals surface area contributed by atoms with Gasteiger partial charge in [0.1, 0.15) is 5.75 Å². The van der Waals surface area contributed by atoms with Crippen LogP contribution >= 0.6 is 11.3 Å². The van der Waals surface area contributed by atoms with Crippen molar-refractivity contribution in [2.24, 2.45) is 0 Å². The van der Waals surface area contributed by atoms with Gasteiger partial charge in [-0.25, -0.2) is 4.98 Å². The van der Waals surface area contributed by atoms with Crippen molar-refractivity contribution < 1.29 is 9.53 Å².